The van der Waals surface area contributed by atoms with Crippen molar-refractivity contribution in [3.05, 3.63) is 48.0 Å². The highest BCUT2D eigenvalue weighted by molar-refractivity contribution is 6.05. The van der Waals surface area contributed by atoms with Gasteiger partial charge in [0.25, 0.3) is 5.91 Å². The molecule has 0 saturated carbocycles. The fraction of sp³-hybridized carbons (Fsp3) is 0.333. The fourth-order valence-corrected chi connectivity index (χ4v) is 3.49. The predicted octanol–water partition coefficient (Wildman–Crippen LogP) is 2.93. The van der Waals surface area contributed by atoms with E-state index < -0.39 is 0 Å². The minimum Gasteiger partial charge on any atom is -0.361 e. The van der Waals surface area contributed by atoms with Gasteiger partial charge in [0.05, 0.1) is 11.9 Å². The summed E-state index contributed by atoms with van der Waals surface area (Å²) in [4.78, 5) is 26.0. The number of aromatic nitrogens is 4. The van der Waals surface area contributed by atoms with E-state index in [1.807, 2.05) is 19.0 Å². The smallest absolute Gasteiger partial charge is 0.274 e. The number of hydrogen-bond donors (Lipinski definition) is 1. The quantitative estimate of drug-likeness (QED) is 0.698. The molecule has 30 heavy (non-hydrogen) atoms. The first-order valence-electron chi connectivity index (χ1n) is 9.83. The van der Waals surface area contributed by atoms with Crippen LogP contribution in [0.5, 0.6) is 0 Å². The molecule has 0 aliphatic carbocycles. The number of anilines is 3. The molecule has 1 amide bonds. The van der Waals surface area contributed by atoms with Crippen LogP contribution in [0.1, 0.15) is 23.3 Å². The van der Waals surface area contributed by atoms with Gasteiger partial charge in [0.2, 0.25) is 5.95 Å². The van der Waals surface area contributed by atoms with Crippen molar-refractivity contribution in [3.8, 4) is 11.3 Å². The molecule has 0 atom stereocenters. The second-order valence-electron chi connectivity index (χ2n) is 7.50. The van der Waals surface area contributed by atoms with Crippen LogP contribution in [0, 0.1) is 5.82 Å². The van der Waals surface area contributed by atoms with Gasteiger partial charge in [-0.25, -0.2) is 9.37 Å². The van der Waals surface area contributed by atoms with E-state index in [1.165, 1.54) is 16.8 Å². The molecular weight excluding hydrogens is 385 g/mol. The second kappa shape index (κ2) is 8.10. The zero-order chi connectivity index (χ0) is 21.3. The van der Waals surface area contributed by atoms with Crippen LogP contribution in [0.4, 0.5) is 21.8 Å². The first-order valence-corrected chi connectivity index (χ1v) is 9.83. The van der Waals surface area contributed by atoms with Crippen LogP contribution in [-0.4, -0.2) is 52.8 Å². The minimum absolute atomic E-state index is 0.318. The summed E-state index contributed by atoms with van der Waals surface area (Å²) in [5.74, 6) is 0.676. The molecule has 0 spiro atoms. The first kappa shape index (κ1) is 19.8. The molecule has 1 aliphatic rings. The van der Waals surface area contributed by atoms with E-state index in [-0.39, 0.29) is 11.7 Å². The molecule has 4 rings (SSSR count). The number of amides is 1. The summed E-state index contributed by atoms with van der Waals surface area (Å²) >= 11 is 0. The summed E-state index contributed by atoms with van der Waals surface area (Å²) < 4.78 is 14.7. The first-order chi connectivity index (χ1) is 14.4. The third-order valence-electron chi connectivity index (χ3n) is 5.07. The van der Waals surface area contributed by atoms with Gasteiger partial charge in [0, 0.05) is 39.8 Å². The third-order valence-corrected chi connectivity index (χ3v) is 5.07. The van der Waals surface area contributed by atoms with Crippen molar-refractivity contribution < 1.29 is 9.18 Å². The molecule has 1 N–H and O–H groups in total. The van der Waals surface area contributed by atoms with Crippen molar-refractivity contribution in [2.75, 3.05) is 42.3 Å². The van der Waals surface area contributed by atoms with Crippen LogP contribution in [0.25, 0.3) is 11.3 Å². The van der Waals surface area contributed by atoms with Crippen LogP contribution in [0.2, 0.25) is 0 Å². The highest BCUT2D eigenvalue weighted by Gasteiger charge is 2.20. The number of rotatable bonds is 5. The van der Waals surface area contributed by atoms with Gasteiger partial charge >= 0.3 is 0 Å². The van der Waals surface area contributed by atoms with Gasteiger partial charge in [-0.3, -0.25) is 9.48 Å². The van der Waals surface area contributed by atoms with Crippen LogP contribution < -0.4 is 15.1 Å². The minimum atomic E-state index is -0.320. The van der Waals surface area contributed by atoms with Gasteiger partial charge in [0.1, 0.15) is 17.2 Å². The fourth-order valence-electron chi connectivity index (χ4n) is 3.49. The molecule has 3 aromatic rings. The van der Waals surface area contributed by atoms with E-state index in [0.717, 1.165) is 31.5 Å². The van der Waals surface area contributed by atoms with E-state index in [4.69, 9.17) is 0 Å². The standard InChI is InChI=1S/C21H24FN7O/c1-27(2)19-17(13-23-21(25-19)29-10-4-5-11-29)24-20(30)18-12-16(26-28(18)3)14-6-8-15(22)9-7-14/h6-9,12-13H,4-5,10-11H2,1-3H3,(H,24,30). The maximum Gasteiger partial charge on any atom is 0.274 e. The summed E-state index contributed by atoms with van der Waals surface area (Å²) in [5.41, 5.74) is 2.23. The van der Waals surface area contributed by atoms with Gasteiger partial charge < -0.3 is 15.1 Å². The van der Waals surface area contributed by atoms with Gasteiger partial charge in [0.15, 0.2) is 5.82 Å². The molecule has 3 heterocycles. The number of carbonyl (C=O) groups excluding carboxylic acids is 1. The summed E-state index contributed by atoms with van der Waals surface area (Å²) in [5, 5.41) is 7.28. The van der Waals surface area contributed by atoms with E-state index in [9.17, 15) is 9.18 Å². The number of aryl methyl sites for hydroxylation is 1. The van der Waals surface area contributed by atoms with Gasteiger partial charge in [-0.15, -0.1) is 0 Å². The SMILES string of the molecule is CN(C)c1nc(N2CCCC2)ncc1NC(=O)c1cc(-c2ccc(F)cc2)nn1C. The van der Waals surface area contributed by atoms with Crippen molar-refractivity contribution in [3.63, 3.8) is 0 Å². The lowest BCUT2D eigenvalue weighted by Gasteiger charge is -2.21. The molecule has 1 aromatic carbocycles. The third kappa shape index (κ3) is 3.96. The zero-order valence-corrected chi connectivity index (χ0v) is 17.3. The lowest BCUT2D eigenvalue weighted by molar-refractivity contribution is 0.101. The number of nitrogens with one attached hydrogen (secondary N) is 1. The number of nitrogens with zero attached hydrogens (tertiary/aromatic N) is 6. The van der Waals surface area contributed by atoms with E-state index >= 15 is 0 Å². The zero-order valence-electron chi connectivity index (χ0n) is 17.3. The van der Waals surface area contributed by atoms with Crippen LogP contribution >= 0.6 is 0 Å². The van der Waals surface area contributed by atoms with Gasteiger partial charge in [-0.2, -0.15) is 10.1 Å². The molecule has 1 aliphatic heterocycles. The Balaban J connectivity index is 1.58. The lowest BCUT2D eigenvalue weighted by Crippen LogP contribution is -2.24. The Labute approximate surface area is 174 Å². The normalized spacial score (nSPS) is 13.5. The Kier molecular flexibility index (Phi) is 5.35. The van der Waals surface area contributed by atoms with Crippen molar-refractivity contribution in [1.29, 1.82) is 0 Å². The summed E-state index contributed by atoms with van der Waals surface area (Å²) in [6, 6.07) is 7.68. The molecular formula is C21H24FN7O. The van der Waals surface area contributed by atoms with Crippen molar-refractivity contribution in [1.82, 2.24) is 19.7 Å². The number of hydrogen-bond acceptors (Lipinski definition) is 6. The highest BCUT2D eigenvalue weighted by Crippen LogP contribution is 2.26. The molecule has 0 bridgehead atoms. The molecule has 0 radical (unpaired) electrons. The summed E-state index contributed by atoms with van der Waals surface area (Å²) in [6.07, 6.45) is 3.91. The molecule has 8 nitrogen and oxygen atoms in total. The van der Waals surface area contributed by atoms with E-state index in [2.05, 4.69) is 25.3 Å². The highest BCUT2D eigenvalue weighted by atomic mass is 19.1. The molecule has 1 fully saturated rings. The largest absolute Gasteiger partial charge is 0.361 e. The van der Waals surface area contributed by atoms with Gasteiger partial charge in [-0.05, 0) is 43.2 Å². The Morgan fingerprint density at radius 2 is 1.87 bits per heavy atom. The Morgan fingerprint density at radius 1 is 1.17 bits per heavy atom. The average Bonchev–Trinajstić information content (AvgIpc) is 3.39. The molecule has 2 aromatic heterocycles. The maximum atomic E-state index is 13.2. The predicted molar refractivity (Wildman–Crippen MR) is 114 cm³/mol. The summed E-state index contributed by atoms with van der Waals surface area (Å²) in [6.45, 7) is 1.89. The number of carbonyl (C=O) groups is 1. The Morgan fingerprint density at radius 3 is 2.53 bits per heavy atom. The molecule has 0 unspecified atom stereocenters. The van der Waals surface area contributed by atoms with Crippen LogP contribution in [0.3, 0.4) is 0 Å². The van der Waals surface area contributed by atoms with E-state index in [0.29, 0.717) is 28.8 Å². The average molecular weight is 409 g/mol. The van der Waals surface area contributed by atoms with Crippen molar-refractivity contribution in [2.45, 2.75) is 12.8 Å². The van der Waals surface area contributed by atoms with E-state index in [1.54, 1.807) is 31.4 Å². The maximum absolute atomic E-state index is 13.2. The number of halogens is 1. The topological polar surface area (TPSA) is 79.2 Å². The Bertz CT molecular complexity index is 1060. The Hall–Kier alpha value is -3.49. The van der Waals surface area contributed by atoms with Crippen molar-refractivity contribution >= 4 is 23.4 Å². The second-order valence-corrected chi connectivity index (χ2v) is 7.50. The molecule has 156 valence electrons. The number of benzene rings is 1. The molecule has 9 heteroatoms. The monoisotopic (exact) mass is 409 g/mol. The van der Waals surface area contributed by atoms with Gasteiger partial charge in [-0.1, -0.05) is 0 Å². The summed E-state index contributed by atoms with van der Waals surface area (Å²) in [7, 11) is 5.45. The van der Waals surface area contributed by atoms with Crippen molar-refractivity contribution in [2.24, 2.45) is 7.05 Å². The van der Waals surface area contributed by atoms with Crippen LogP contribution in [0.15, 0.2) is 36.5 Å². The lowest BCUT2D eigenvalue weighted by atomic mass is 10.1. The van der Waals surface area contributed by atoms with Crippen LogP contribution in [-0.2, 0) is 7.05 Å². The molecule has 1 saturated heterocycles.